The SMILES string of the molecule is CCN(CC)CCCNCc1cc2c(s1)CCCCC2. The number of rotatable bonds is 8. The third-order valence-corrected chi connectivity index (χ3v) is 5.56. The van der Waals surface area contributed by atoms with Crippen LogP contribution >= 0.6 is 11.3 Å². The molecule has 0 spiro atoms. The topological polar surface area (TPSA) is 15.3 Å². The Morgan fingerprint density at radius 1 is 1.15 bits per heavy atom. The van der Waals surface area contributed by atoms with Crippen molar-refractivity contribution in [3.8, 4) is 0 Å². The number of thiophene rings is 1. The highest BCUT2D eigenvalue weighted by Crippen LogP contribution is 2.28. The Balaban J connectivity index is 1.67. The maximum Gasteiger partial charge on any atom is 0.0299 e. The number of nitrogens with one attached hydrogen (secondary N) is 1. The van der Waals surface area contributed by atoms with Gasteiger partial charge in [-0.05, 0) is 69.9 Å². The van der Waals surface area contributed by atoms with Crippen molar-refractivity contribution >= 4 is 11.3 Å². The molecule has 0 aromatic carbocycles. The molecule has 0 atom stereocenters. The van der Waals surface area contributed by atoms with Crippen molar-refractivity contribution in [2.45, 2.75) is 58.9 Å². The molecule has 0 radical (unpaired) electrons. The summed E-state index contributed by atoms with van der Waals surface area (Å²) in [7, 11) is 0. The minimum absolute atomic E-state index is 1.07. The number of aryl methyl sites for hydroxylation is 2. The maximum atomic E-state index is 3.61. The number of fused-ring (bicyclic) bond motifs is 1. The van der Waals surface area contributed by atoms with Crippen molar-refractivity contribution in [3.63, 3.8) is 0 Å². The van der Waals surface area contributed by atoms with Crippen LogP contribution in [-0.2, 0) is 19.4 Å². The van der Waals surface area contributed by atoms with Gasteiger partial charge in [-0.3, -0.25) is 0 Å². The van der Waals surface area contributed by atoms with Gasteiger partial charge in [0.25, 0.3) is 0 Å². The van der Waals surface area contributed by atoms with E-state index in [1.54, 1.807) is 15.3 Å². The summed E-state index contributed by atoms with van der Waals surface area (Å²) in [6.45, 7) is 10.3. The van der Waals surface area contributed by atoms with E-state index in [0.717, 1.165) is 13.1 Å². The van der Waals surface area contributed by atoms with Crippen LogP contribution in [0.1, 0.15) is 54.8 Å². The van der Waals surface area contributed by atoms with Gasteiger partial charge in [-0.1, -0.05) is 20.3 Å². The van der Waals surface area contributed by atoms with Gasteiger partial charge in [0.15, 0.2) is 0 Å². The molecule has 1 aromatic heterocycles. The van der Waals surface area contributed by atoms with Gasteiger partial charge in [-0.2, -0.15) is 0 Å². The molecule has 0 bridgehead atoms. The fraction of sp³-hybridized carbons (Fsp3) is 0.765. The Hall–Kier alpha value is -0.380. The Kier molecular flexibility index (Phi) is 7.05. The number of hydrogen-bond acceptors (Lipinski definition) is 3. The molecular weight excluding hydrogens is 264 g/mol. The quantitative estimate of drug-likeness (QED) is 0.579. The summed E-state index contributed by atoms with van der Waals surface area (Å²) in [5.41, 5.74) is 1.65. The highest BCUT2D eigenvalue weighted by molar-refractivity contribution is 7.12. The van der Waals surface area contributed by atoms with E-state index in [-0.39, 0.29) is 0 Å². The molecule has 1 aromatic rings. The van der Waals surface area contributed by atoms with Crippen LogP contribution in [0.4, 0.5) is 0 Å². The Morgan fingerprint density at radius 2 is 1.95 bits per heavy atom. The summed E-state index contributed by atoms with van der Waals surface area (Å²) < 4.78 is 0. The molecule has 20 heavy (non-hydrogen) atoms. The molecule has 0 fully saturated rings. The largest absolute Gasteiger partial charge is 0.312 e. The van der Waals surface area contributed by atoms with Gasteiger partial charge in [0.2, 0.25) is 0 Å². The molecule has 2 rings (SSSR count). The Bertz CT molecular complexity index is 359. The van der Waals surface area contributed by atoms with Gasteiger partial charge in [-0.25, -0.2) is 0 Å². The number of hydrogen-bond donors (Lipinski definition) is 1. The molecular formula is C17H30N2S. The minimum atomic E-state index is 1.07. The van der Waals surface area contributed by atoms with Crippen LogP contribution in [0.25, 0.3) is 0 Å². The summed E-state index contributed by atoms with van der Waals surface area (Å²) in [4.78, 5) is 5.71. The standard InChI is InChI=1S/C17H30N2S/c1-3-19(4-2)12-8-11-18-14-16-13-15-9-6-5-7-10-17(15)20-16/h13,18H,3-12,14H2,1-2H3. The van der Waals surface area contributed by atoms with Crippen LogP contribution in [0.5, 0.6) is 0 Å². The molecule has 0 amide bonds. The maximum absolute atomic E-state index is 3.61. The van der Waals surface area contributed by atoms with Crippen LogP contribution in [0.15, 0.2) is 6.07 Å². The lowest BCUT2D eigenvalue weighted by Crippen LogP contribution is -2.27. The van der Waals surface area contributed by atoms with Crippen LogP contribution in [0.3, 0.4) is 0 Å². The fourth-order valence-electron chi connectivity index (χ4n) is 3.00. The molecule has 0 unspecified atom stereocenters. The molecule has 0 saturated carbocycles. The van der Waals surface area contributed by atoms with Crippen molar-refractivity contribution in [2.24, 2.45) is 0 Å². The fourth-order valence-corrected chi connectivity index (χ4v) is 4.23. The second-order valence-corrected chi connectivity index (χ2v) is 7.00. The van der Waals surface area contributed by atoms with Crippen molar-refractivity contribution in [3.05, 3.63) is 21.4 Å². The van der Waals surface area contributed by atoms with Crippen LogP contribution in [-0.4, -0.2) is 31.1 Å². The molecule has 2 nitrogen and oxygen atoms in total. The average Bonchev–Trinajstić information content (AvgIpc) is 2.72. The smallest absolute Gasteiger partial charge is 0.0299 e. The first-order chi connectivity index (χ1) is 9.83. The molecule has 1 N–H and O–H groups in total. The van der Waals surface area contributed by atoms with Crippen LogP contribution in [0, 0.1) is 0 Å². The molecule has 1 heterocycles. The van der Waals surface area contributed by atoms with E-state index in [1.165, 1.54) is 58.2 Å². The highest BCUT2D eigenvalue weighted by Gasteiger charge is 2.11. The van der Waals surface area contributed by atoms with Gasteiger partial charge in [0, 0.05) is 16.3 Å². The van der Waals surface area contributed by atoms with Gasteiger partial charge in [0.1, 0.15) is 0 Å². The molecule has 114 valence electrons. The van der Waals surface area contributed by atoms with Crippen LogP contribution < -0.4 is 5.32 Å². The first-order valence-electron chi connectivity index (χ1n) is 8.37. The minimum Gasteiger partial charge on any atom is -0.312 e. The predicted molar refractivity (Wildman–Crippen MR) is 89.7 cm³/mol. The lowest BCUT2D eigenvalue weighted by molar-refractivity contribution is 0.298. The van der Waals surface area contributed by atoms with E-state index in [0.29, 0.717) is 0 Å². The van der Waals surface area contributed by atoms with Crippen molar-refractivity contribution in [1.29, 1.82) is 0 Å². The normalized spacial score (nSPS) is 15.3. The monoisotopic (exact) mass is 294 g/mol. The van der Waals surface area contributed by atoms with Gasteiger partial charge >= 0.3 is 0 Å². The molecule has 0 saturated heterocycles. The third-order valence-electron chi connectivity index (χ3n) is 4.32. The van der Waals surface area contributed by atoms with E-state index in [1.807, 2.05) is 11.3 Å². The second kappa shape index (κ2) is 8.81. The summed E-state index contributed by atoms with van der Waals surface area (Å²) in [5.74, 6) is 0. The van der Waals surface area contributed by atoms with Gasteiger partial charge in [-0.15, -0.1) is 11.3 Å². The summed E-state index contributed by atoms with van der Waals surface area (Å²) >= 11 is 2.05. The summed E-state index contributed by atoms with van der Waals surface area (Å²) in [5, 5.41) is 3.61. The first kappa shape index (κ1) is 16.0. The zero-order valence-corrected chi connectivity index (χ0v) is 14.0. The highest BCUT2D eigenvalue weighted by atomic mass is 32.1. The molecule has 1 aliphatic rings. The Morgan fingerprint density at radius 3 is 2.75 bits per heavy atom. The molecule has 0 aliphatic heterocycles. The average molecular weight is 295 g/mol. The zero-order chi connectivity index (χ0) is 14.2. The summed E-state index contributed by atoms with van der Waals surface area (Å²) in [6, 6.07) is 2.46. The third kappa shape index (κ3) is 4.87. The van der Waals surface area contributed by atoms with Crippen molar-refractivity contribution in [2.75, 3.05) is 26.2 Å². The van der Waals surface area contributed by atoms with E-state index >= 15 is 0 Å². The number of nitrogens with zero attached hydrogens (tertiary/aromatic N) is 1. The second-order valence-electron chi connectivity index (χ2n) is 5.78. The van der Waals surface area contributed by atoms with E-state index < -0.39 is 0 Å². The molecule has 3 heteroatoms. The summed E-state index contributed by atoms with van der Waals surface area (Å²) in [6.07, 6.45) is 8.09. The van der Waals surface area contributed by atoms with Crippen molar-refractivity contribution < 1.29 is 0 Å². The van der Waals surface area contributed by atoms with Gasteiger partial charge < -0.3 is 10.2 Å². The Labute approximate surface area is 128 Å². The van der Waals surface area contributed by atoms with Crippen molar-refractivity contribution in [1.82, 2.24) is 10.2 Å². The van der Waals surface area contributed by atoms with E-state index in [9.17, 15) is 0 Å². The van der Waals surface area contributed by atoms with Gasteiger partial charge in [0.05, 0.1) is 0 Å². The lowest BCUT2D eigenvalue weighted by atomic mass is 10.1. The first-order valence-corrected chi connectivity index (χ1v) is 9.18. The zero-order valence-electron chi connectivity index (χ0n) is 13.2. The van der Waals surface area contributed by atoms with E-state index in [2.05, 4.69) is 30.1 Å². The van der Waals surface area contributed by atoms with E-state index in [4.69, 9.17) is 0 Å². The van der Waals surface area contributed by atoms with Crippen LogP contribution in [0.2, 0.25) is 0 Å². The lowest BCUT2D eigenvalue weighted by Gasteiger charge is -2.17. The molecule has 1 aliphatic carbocycles. The predicted octanol–water partition coefficient (Wildman–Crippen LogP) is 3.84.